The maximum absolute atomic E-state index is 11.5. The van der Waals surface area contributed by atoms with E-state index in [2.05, 4.69) is 26.7 Å². The van der Waals surface area contributed by atoms with Gasteiger partial charge >= 0.3 is 0 Å². The van der Waals surface area contributed by atoms with Crippen LogP contribution in [-0.4, -0.2) is 10.9 Å². The van der Waals surface area contributed by atoms with Gasteiger partial charge in [0.05, 0.1) is 6.54 Å². The number of benzene rings is 2. The van der Waals surface area contributed by atoms with Crippen LogP contribution in [0, 0.1) is 0 Å². The van der Waals surface area contributed by atoms with Crippen LogP contribution in [-0.2, 0) is 11.3 Å². The van der Waals surface area contributed by atoms with Crippen LogP contribution in [0.2, 0.25) is 5.02 Å². The summed E-state index contributed by atoms with van der Waals surface area (Å²) in [4.78, 5) is 17.3. The largest absolute Gasteiger partial charge is 0.439 e. The minimum absolute atomic E-state index is 0.151. The molecule has 7 heteroatoms. The number of fused-ring (bicyclic) bond motifs is 1. The number of nitrogens with one attached hydrogen (secondary N) is 1. The highest BCUT2D eigenvalue weighted by molar-refractivity contribution is 8.01. The molecule has 27 heavy (non-hydrogen) atoms. The van der Waals surface area contributed by atoms with Crippen molar-refractivity contribution in [3.63, 3.8) is 0 Å². The van der Waals surface area contributed by atoms with E-state index in [0.29, 0.717) is 28.2 Å². The van der Waals surface area contributed by atoms with E-state index in [1.54, 1.807) is 42.3 Å². The van der Waals surface area contributed by atoms with Crippen molar-refractivity contribution in [3.8, 4) is 11.6 Å². The molecule has 136 valence electrons. The standard InChI is InChI=1S/C20H16ClN3O2S/c1-13(25)22-16-10-19(24-12-14-4-2-3-5-18(14)27-24)23-20(11-16)26-17-8-6-15(21)7-9-17/h2-11H,12H2,1H3,(H,22,23,25). The van der Waals surface area contributed by atoms with E-state index in [1.165, 1.54) is 17.4 Å². The molecule has 2 heterocycles. The average Bonchev–Trinajstić information content (AvgIpc) is 3.07. The molecule has 4 rings (SSSR count). The van der Waals surface area contributed by atoms with E-state index < -0.39 is 0 Å². The number of halogens is 1. The summed E-state index contributed by atoms with van der Waals surface area (Å²) in [6.45, 7) is 2.21. The number of amides is 1. The predicted octanol–water partition coefficient (Wildman–Crippen LogP) is 5.51. The van der Waals surface area contributed by atoms with Crippen molar-refractivity contribution in [2.24, 2.45) is 0 Å². The third kappa shape index (κ3) is 4.18. The third-order valence-electron chi connectivity index (χ3n) is 3.90. The Morgan fingerprint density at radius 3 is 2.70 bits per heavy atom. The van der Waals surface area contributed by atoms with Crippen LogP contribution in [0.25, 0.3) is 0 Å². The van der Waals surface area contributed by atoms with Gasteiger partial charge < -0.3 is 10.1 Å². The number of hydrogen-bond donors (Lipinski definition) is 1. The molecule has 1 amide bonds. The summed E-state index contributed by atoms with van der Waals surface area (Å²) in [7, 11) is 0. The Morgan fingerprint density at radius 1 is 1.19 bits per heavy atom. The smallest absolute Gasteiger partial charge is 0.223 e. The van der Waals surface area contributed by atoms with Crippen molar-refractivity contribution in [2.45, 2.75) is 18.4 Å². The quantitative estimate of drug-likeness (QED) is 0.588. The Hall–Kier alpha value is -2.70. The first-order valence-corrected chi connectivity index (χ1v) is 9.48. The molecule has 0 saturated carbocycles. The lowest BCUT2D eigenvalue weighted by molar-refractivity contribution is -0.114. The zero-order chi connectivity index (χ0) is 18.8. The minimum atomic E-state index is -0.151. The Bertz CT molecular complexity index is 970. The molecule has 0 aliphatic carbocycles. The molecule has 0 radical (unpaired) electrons. The second kappa shape index (κ2) is 7.50. The number of anilines is 2. The van der Waals surface area contributed by atoms with Gasteiger partial charge in [0, 0.05) is 34.7 Å². The van der Waals surface area contributed by atoms with Gasteiger partial charge in [-0.15, -0.1) is 0 Å². The second-order valence-corrected chi connectivity index (χ2v) is 7.52. The summed E-state index contributed by atoms with van der Waals surface area (Å²) in [5.74, 6) is 1.58. The molecule has 1 aliphatic heterocycles. The highest BCUT2D eigenvalue weighted by Gasteiger charge is 2.22. The Morgan fingerprint density at radius 2 is 1.96 bits per heavy atom. The van der Waals surface area contributed by atoms with Crippen molar-refractivity contribution >= 4 is 41.0 Å². The molecule has 0 bridgehead atoms. The number of ether oxygens (including phenoxy) is 1. The lowest BCUT2D eigenvalue weighted by Gasteiger charge is -2.17. The normalized spacial score (nSPS) is 12.6. The fourth-order valence-electron chi connectivity index (χ4n) is 2.73. The number of hydrogen-bond acceptors (Lipinski definition) is 5. The summed E-state index contributed by atoms with van der Waals surface area (Å²) in [6, 6.07) is 18.8. The molecule has 1 N–H and O–H groups in total. The van der Waals surface area contributed by atoms with Gasteiger partial charge in [-0.1, -0.05) is 29.8 Å². The van der Waals surface area contributed by atoms with E-state index in [0.717, 1.165) is 6.54 Å². The maximum atomic E-state index is 11.5. The monoisotopic (exact) mass is 397 g/mol. The number of pyridine rings is 1. The van der Waals surface area contributed by atoms with Gasteiger partial charge in [0.1, 0.15) is 11.6 Å². The van der Waals surface area contributed by atoms with Crippen molar-refractivity contribution in [2.75, 3.05) is 9.62 Å². The van der Waals surface area contributed by atoms with E-state index in [-0.39, 0.29) is 5.91 Å². The Kier molecular flexibility index (Phi) is 4.92. The van der Waals surface area contributed by atoms with Gasteiger partial charge in [-0.05, 0) is 47.8 Å². The van der Waals surface area contributed by atoms with Crippen molar-refractivity contribution in [1.29, 1.82) is 0 Å². The summed E-state index contributed by atoms with van der Waals surface area (Å²) < 4.78 is 7.95. The Balaban J connectivity index is 1.64. The molecule has 1 aliphatic rings. The van der Waals surface area contributed by atoms with Gasteiger partial charge in [-0.2, -0.15) is 4.98 Å². The van der Waals surface area contributed by atoms with Crippen LogP contribution < -0.4 is 14.4 Å². The average molecular weight is 398 g/mol. The fraction of sp³-hybridized carbons (Fsp3) is 0.100. The zero-order valence-corrected chi connectivity index (χ0v) is 16.1. The molecular formula is C20H16ClN3O2S. The number of nitrogens with zero attached hydrogens (tertiary/aromatic N) is 2. The molecule has 3 aromatic rings. The highest BCUT2D eigenvalue weighted by atomic mass is 35.5. The van der Waals surface area contributed by atoms with E-state index >= 15 is 0 Å². The predicted molar refractivity (Wildman–Crippen MR) is 109 cm³/mol. The van der Waals surface area contributed by atoms with Crippen molar-refractivity contribution in [1.82, 2.24) is 4.98 Å². The first-order valence-electron chi connectivity index (χ1n) is 8.33. The van der Waals surface area contributed by atoms with Crippen molar-refractivity contribution < 1.29 is 9.53 Å². The number of carbonyl (C=O) groups excluding carboxylic acids is 1. The van der Waals surface area contributed by atoms with Crippen LogP contribution in [0.1, 0.15) is 12.5 Å². The van der Waals surface area contributed by atoms with Gasteiger partial charge in [0.15, 0.2) is 0 Å². The van der Waals surface area contributed by atoms with Crippen LogP contribution in [0.5, 0.6) is 11.6 Å². The lowest BCUT2D eigenvalue weighted by atomic mass is 10.2. The van der Waals surface area contributed by atoms with E-state index in [9.17, 15) is 4.79 Å². The molecular weight excluding hydrogens is 382 g/mol. The SMILES string of the molecule is CC(=O)Nc1cc(Oc2ccc(Cl)cc2)nc(N2Cc3ccccc3S2)c1. The molecule has 0 spiro atoms. The summed E-state index contributed by atoms with van der Waals surface area (Å²) in [6.07, 6.45) is 0. The van der Waals surface area contributed by atoms with Gasteiger partial charge in [-0.3, -0.25) is 9.10 Å². The van der Waals surface area contributed by atoms with E-state index in [4.69, 9.17) is 16.3 Å². The van der Waals surface area contributed by atoms with Gasteiger partial charge in [0.2, 0.25) is 11.8 Å². The Labute approximate surface area is 166 Å². The van der Waals surface area contributed by atoms with Crippen LogP contribution in [0.3, 0.4) is 0 Å². The number of rotatable bonds is 4. The lowest BCUT2D eigenvalue weighted by Crippen LogP contribution is -2.12. The molecule has 1 aromatic heterocycles. The zero-order valence-electron chi connectivity index (χ0n) is 14.5. The van der Waals surface area contributed by atoms with Gasteiger partial charge in [-0.25, -0.2) is 0 Å². The molecule has 5 nitrogen and oxygen atoms in total. The number of aromatic nitrogens is 1. The van der Waals surface area contributed by atoms with E-state index in [1.807, 2.05) is 18.2 Å². The molecule has 0 fully saturated rings. The van der Waals surface area contributed by atoms with Gasteiger partial charge in [0.25, 0.3) is 0 Å². The minimum Gasteiger partial charge on any atom is -0.439 e. The highest BCUT2D eigenvalue weighted by Crippen LogP contribution is 2.40. The number of carbonyl (C=O) groups is 1. The first kappa shape index (κ1) is 17.7. The topological polar surface area (TPSA) is 54.5 Å². The molecule has 0 saturated heterocycles. The van der Waals surface area contributed by atoms with Crippen molar-refractivity contribution in [3.05, 3.63) is 71.2 Å². The van der Waals surface area contributed by atoms with Crippen LogP contribution >= 0.6 is 23.5 Å². The maximum Gasteiger partial charge on any atom is 0.223 e. The fourth-order valence-corrected chi connectivity index (χ4v) is 3.87. The summed E-state index contributed by atoms with van der Waals surface area (Å²) >= 11 is 7.54. The second-order valence-electron chi connectivity index (χ2n) is 6.03. The molecule has 0 atom stereocenters. The van der Waals surface area contributed by atoms with Crippen LogP contribution in [0.15, 0.2) is 65.6 Å². The van der Waals surface area contributed by atoms with Crippen LogP contribution in [0.4, 0.5) is 11.5 Å². The molecule has 2 aromatic carbocycles. The summed E-state index contributed by atoms with van der Waals surface area (Å²) in [5, 5.41) is 3.44. The molecule has 0 unspecified atom stereocenters. The first-order chi connectivity index (χ1) is 13.1. The third-order valence-corrected chi connectivity index (χ3v) is 5.28. The summed E-state index contributed by atoms with van der Waals surface area (Å²) in [5.41, 5.74) is 1.88.